The van der Waals surface area contributed by atoms with Crippen LogP contribution in [0.25, 0.3) is 0 Å². The Morgan fingerprint density at radius 2 is 1.56 bits per heavy atom. The van der Waals surface area contributed by atoms with Gasteiger partial charge in [0.05, 0.1) is 19.3 Å². The number of unbranched alkanes of at least 4 members (excludes halogenated alkanes) is 7. The first-order valence-electron chi connectivity index (χ1n) is 10.2. The third kappa shape index (κ3) is 7.29. The SMILES string of the molecule is CCCCCCCCCCC(C(=O)c1ccccc1)N1CCOCC1. The van der Waals surface area contributed by atoms with E-state index >= 15 is 0 Å². The van der Waals surface area contributed by atoms with Crippen LogP contribution in [-0.2, 0) is 4.74 Å². The Balaban J connectivity index is 1.80. The molecule has 1 aliphatic rings. The van der Waals surface area contributed by atoms with Gasteiger partial charge in [0.25, 0.3) is 0 Å². The minimum Gasteiger partial charge on any atom is -0.379 e. The molecule has 25 heavy (non-hydrogen) atoms. The smallest absolute Gasteiger partial charge is 0.179 e. The molecule has 0 radical (unpaired) electrons. The van der Waals surface area contributed by atoms with Gasteiger partial charge in [-0.2, -0.15) is 0 Å². The van der Waals surface area contributed by atoms with Crippen LogP contribution in [0.2, 0.25) is 0 Å². The van der Waals surface area contributed by atoms with Crippen molar-refractivity contribution in [1.82, 2.24) is 4.90 Å². The third-order valence-corrected chi connectivity index (χ3v) is 5.18. The molecule has 1 aromatic rings. The minimum atomic E-state index is 0.0198. The van der Waals surface area contributed by atoms with Crippen molar-refractivity contribution in [1.29, 1.82) is 0 Å². The summed E-state index contributed by atoms with van der Waals surface area (Å²) in [5.74, 6) is 0.283. The molecule has 0 saturated carbocycles. The predicted molar refractivity (Wildman–Crippen MR) is 104 cm³/mol. The number of ketones is 1. The summed E-state index contributed by atoms with van der Waals surface area (Å²) >= 11 is 0. The maximum Gasteiger partial charge on any atom is 0.179 e. The zero-order chi connectivity index (χ0) is 17.7. The van der Waals surface area contributed by atoms with Crippen molar-refractivity contribution in [2.24, 2.45) is 0 Å². The fourth-order valence-corrected chi connectivity index (χ4v) is 3.64. The lowest BCUT2D eigenvalue weighted by molar-refractivity contribution is 0.0156. The number of hydrogen-bond donors (Lipinski definition) is 0. The van der Waals surface area contributed by atoms with E-state index in [0.717, 1.165) is 44.7 Å². The molecule has 0 bridgehead atoms. The Kier molecular flexibility index (Phi) is 9.83. The molecule has 0 amide bonds. The Morgan fingerprint density at radius 3 is 2.20 bits per heavy atom. The van der Waals surface area contributed by atoms with E-state index in [9.17, 15) is 4.79 Å². The molecule has 2 rings (SSSR count). The average molecular weight is 346 g/mol. The van der Waals surface area contributed by atoms with Gasteiger partial charge in [-0.3, -0.25) is 9.69 Å². The highest BCUT2D eigenvalue weighted by atomic mass is 16.5. The molecule has 140 valence electrons. The van der Waals surface area contributed by atoms with E-state index in [1.54, 1.807) is 0 Å². The quantitative estimate of drug-likeness (QED) is 0.390. The molecule has 1 aromatic carbocycles. The van der Waals surface area contributed by atoms with Crippen molar-refractivity contribution in [2.75, 3.05) is 26.3 Å². The maximum atomic E-state index is 13.0. The molecule has 1 unspecified atom stereocenters. The first kappa shape index (κ1) is 20.1. The molecule has 0 aliphatic carbocycles. The lowest BCUT2D eigenvalue weighted by Gasteiger charge is -2.33. The average Bonchev–Trinajstić information content (AvgIpc) is 2.68. The number of benzene rings is 1. The van der Waals surface area contributed by atoms with Crippen molar-refractivity contribution in [3.63, 3.8) is 0 Å². The van der Waals surface area contributed by atoms with E-state index in [-0.39, 0.29) is 11.8 Å². The number of hydrogen-bond acceptors (Lipinski definition) is 3. The van der Waals surface area contributed by atoms with Gasteiger partial charge in [-0.15, -0.1) is 0 Å². The number of Topliss-reactive ketones (excluding diaryl/α,β-unsaturated/α-hetero) is 1. The molecule has 3 heteroatoms. The number of nitrogens with zero attached hydrogens (tertiary/aromatic N) is 1. The summed E-state index contributed by atoms with van der Waals surface area (Å²) in [4.78, 5) is 15.3. The Hall–Kier alpha value is -1.19. The molecule has 1 saturated heterocycles. The predicted octanol–water partition coefficient (Wildman–Crippen LogP) is 5.10. The number of rotatable bonds is 12. The minimum absolute atomic E-state index is 0.0198. The second-order valence-electron chi connectivity index (χ2n) is 7.16. The summed E-state index contributed by atoms with van der Waals surface area (Å²) in [6.45, 7) is 5.50. The lowest BCUT2D eigenvalue weighted by atomic mass is 9.96. The molecule has 1 heterocycles. The molecule has 0 N–H and O–H groups in total. The maximum absolute atomic E-state index is 13.0. The van der Waals surface area contributed by atoms with E-state index in [4.69, 9.17) is 4.74 Å². The number of carbonyl (C=O) groups excluding carboxylic acids is 1. The van der Waals surface area contributed by atoms with Crippen LogP contribution in [0.1, 0.15) is 75.1 Å². The van der Waals surface area contributed by atoms with Crippen molar-refractivity contribution in [3.8, 4) is 0 Å². The lowest BCUT2D eigenvalue weighted by Crippen LogP contribution is -2.47. The van der Waals surface area contributed by atoms with E-state index in [1.807, 2.05) is 30.3 Å². The van der Waals surface area contributed by atoms with Crippen molar-refractivity contribution in [2.45, 2.75) is 70.8 Å². The summed E-state index contributed by atoms with van der Waals surface area (Å²) < 4.78 is 5.47. The standard InChI is InChI=1S/C22H35NO2/c1-2-3-4-5-6-7-8-12-15-21(23-16-18-25-19-17-23)22(24)20-13-10-9-11-14-20/h9-11,13-14,21H,2-8,12,15-19H2,1H3. The topological polar surface area (TPSA) is 29.5 Å². The van der Waals surface area contributed by atoms with Crippen LogP contribution in [0, 0.1) is 0 Å². The van der Waals surface area contributed by atoms with Gasteiger partial charge >= 0.3 is 0 Å². The highest BCUT2D eigenvalue weighted by Gasteiger charge is 2.27. The van der Waals surface area contributed by atoms with Crippen LogP contribution in [0.3, 0.4) is 0 Å². The van der Waals surface area contributed by atoms with Crippen LogP contribution in [0.5, 0.6) is 0 Å². The van der Waals surface area contributed by atoms with E-state index in [0.29, 0.717) is 0 Å². The number of morpholine rings is 1. The van der Waals surface area contributed by atoms with Gasteiger partial charge in [0.2, 0.25) is 0 Å². The summed E-state index contributed by atoms with van der Waals surface area (Å²) in [5.41, 5.74) is 0.846. The molecular weight excluding hydrogens is 310 g/mol. The Morgan fingerprint density at radius 1 is 0.960 bits per heavy atom. The molecule has 1 fully saturated rings. The van der Waals surface area contributed by atoms with Gasteiger partial charge in [0.15, 0.2) is 5.78 Å². The molecule has 0 aromatic heterocycles. The third-order valence-electron chi connectivity index (χ3n) is 5.18. The summed E-state index contributed by atoms with van der Waals surface area (Å²) in [6, 6.07) is 9.80. The van der Waals surface area contributed by atoms with Crippen molar-refractivity contribution >= 4 is 5.78 Å². The Labute approximate surface area is 153 Å². The Bertz CT molecular complexity index is 468. The molecule has 0 spiro atoms. The van der Waals surface area contributed by atoms with Crippen LogP contribution in [0.15, 0.2) is 30.3 Å². The van der Waals surface area contributed by atoms with Gasteiger partial charge in [0, 0.05) is 18.7 Å². The highest BCUT2D eigenvalue weighted by molar-refractivity contribution is 6.00. The number of ether oxygens (including phenoxy) is 1. The monoisotopic (exact) mass is 345 g/mol. The summed E-state index contributed by atoms with van der Waals surface area (Å²) in [7, 11) is 0. The highest BCUT2D eigenvalue weighted by Crippen LogP contribution is 2.18. The summed E-state index contributed by atoms with van der Waals surface area (Å²) in [6.07, 6.45) is 11.4. The van der Waals surface area contributed by atoms with Gasteiger partial charge in [0.1, 0.15) is 0 Å². The molecular formula is C22H35NO2. The van der Waals surface area contributed by atoms with Gasteiger partial charge in [-0.25, -0.2) is 0 Å². The zero-order valence-corrected chi connectivity index (χ0v) is 15.9. The van der Waals surface area contributed by atoms with E-state index < -0.39 is 0 Å². The first-order chi connectivity index (χ1) is 12.3. The normalized spacial score (nSPS) is 16.7. The van der Waals surface area contributed by atoms with Crippen molar-refractivity contribution < 1.29 is 9.53 Å². The zero-order valence-electron chi connectivity index (χ0n) is 15.9. The van der Waals surface area contributed by atoms with Crippen LogP contribution in [0.4, 0.5) is 0 Å². The van der Waals surface area contributed by atoms with E-state index in [2.05, 4.69) is 11.8 Å². The van der Waals surface area contributed by atoms with Crippen LogP contribution >= 0.6 is 0 Å². The first-order valence-corrected chi connectivity index (χ1v) is 10.2. The van der Waals surface area contributed by atoms with Gasteiger partial charge < -0.3 is 4.74 Å². The largest absolute Gasteiger partial charge is 0.379 e. The summed E-state index contributed by atoms with van der Waals surface area (Å²) in [5, 5.41) is 0. The fourth-order valence-electron chi connectivity index (χ4n) is 3.64. The number of carbonyl (C=O) groups is 1. The van der Waals surface area contributed by atoms with Crippen molar-refractivity contribution in [3.05, 3.63) is 35.9 Å². The molecule has 3 nitrogen and oxygen atoms in total. The second kappa shape index (κ2) is 12.2. The second-order valence-corrected chi connectivity index (χ2v) is 7.16. The fraction of sp³-hybridized carbons (Fsp3) is 0.682. The van der Waals surface area contributed by atoms with Gasteiger partial charge in [-0.05, 0) is 6.42 Å². The van der Waals surface area contributed by atoms with Crippen LogP contribution < -0.4 is 0 Å². The van der Waals surface area contributed by atoms with E-state index in [1.165, 1.54) is 44.9 Å². The van der Waals surface area contributed by atoms with Crippen LogP contribution in [-0.4, -0.2) is 43.0 Å². The van der Waals surface area contributed by atoms with Gasteiger partial charge in [-0.1, -0.05) is 88.6 Å². The molecule has 1 aliphatic heterocycles. The molecule has 1 atom stereocenters.